The molecule has 0 bridgehead atoms. The summed E-state index contributed by atoms with van der Waals surface area (Å²) >= 11 is 0. The number of aryl methyl sites for hydroxylation is 2. The molecule has 0 aliphatic heterocycles. The van der Waals surface area contributed by atoms with E-state index >= 15 is 0 Å². The molecule has 0 aliphatic carbocycles. The van der Waals surface area contributed by atoms with Crippen LogP contribution in [0.2, 0.25) is 0 Å². The van der Waals surface area contributed by atoms with Crippen LogP contribution in [0, 0.1) is 13.8 Å². The second-order valence-corrected chi connectivity index (χ2v) is 6.75. The highest BCUT2D eigenvalue weighted by molar-refractivity contribution is 5.35. The second kappa shape index (κ2) is 7.76. The van der Waals surface area contributed by atoms with Gasteiger partial charge >= 0.3 is 0 Å². The fraction of sp³-hybridized carbons (Fsp3) is 0.400. The molecule has 2 atom stereocenters. The van der Waals surface area contributed by atoms with Crippen molar-refractivity contribution in [2.45, 2.75) is 45.8 Å². The van der Waals surface area contributed by atoms with Crippen LogP contribution in [-0.4, -0.2) is 32.1 Å². The molecule has 0 spiro atoms. The molecule has 0 aliphatic rings. The first kappa shape index (κ1) is 17.6. The third kappa shape index (κ3) is 4.24. The minimum Gasteiger partial charge on any atom is -0.393 e. The van der Waals surface area contributed by atoms with E-state index in [1.54, 1.807) is 0 Å². The maximum absolute atomic E-state index is 9.82. The summed E-state index contributed by atoms with van der Waals surface area (Å²) in [4.78, 5) is 8.89. The summed E-state index contributed by atoms with van der Waals surface area (Å²) in [5.41, 5.74) is 4.47. The Morgan fingerprint density at radius 3 is 2.68 bits per heavy atom. The van der Waals surface area contributed by atoms with Gasteiger partial charge in [-0.05, 0) is 44.7 Å². The zero-order chi connectivity index (χ0) is 17.8. The average molecular weight is 338 g/mol. The van der Waals surface area contributed by atoms with Gasteiger partial charge in [-0.2, -0.15) is 0 Å². The van der Waals surface area contributed by atoms with Crippen LogP contribution in [0.3, 0.4) is 0 Å². The van der Waals surface area contributed by atoms with Crippen LogP contribution >= 0.6 is 0 Å². The smallest absolute Gasteiger partial charge is 0.234 e. The molecule has 0 saturated heterocycles. The first-order valence-corrected chi connectivity index (χ1v) is 8.79. The minimum atomic E-state index is -0.322. The molecule has 0 amide bonds. The minimum absolute atomic E-state index is 0.279. The monoisotopic (exact) mass is 338 g/mol. The predicted octanol–water partition coefficient (Wildman–Crippen LogP) is 2.99. The normalized spacial score (nSPS) is 13.9. The Balaban J connectivity index is 1.70. The third-order valence-electron chi connectivity index (χ3n) is 4.46. The molecule has 25 heavy (non-hydrogen) atoms. The molecule has 5 nitrogen and oxygen atoms in total. The van der Waals surface area contributed by atoms with E-state index in [0.29, 0.717) is 0 Å². The lowest BCUT2D eigenvalue weighted by molar-refractivity contribution is 0.173. The van der Waals surface area contributed by atoms with Crippen LogP contribution in [0.1, 0.15) is 41.9 Å². The van der Waals surface area contributed by atoms with Crippen LogP contribution in [0.15, 0.2) is 42.6 Å². The van der Waals surface area contributed by atoms with Crippen molar-refractivity contribution in [3.05, 3.63) is 65.2 Å². The van der Waals surface area contributed by atoms with Crippen molar-refractivity contribution < 1.29 is 5.11 Å². The fourth-order valence-corrected chi connectivity index (χ4v) is 3.37. The number of aromatic nitrogens is 3. The van der Waals surface area contributed by atoms with E-state index in [1.807, 2.05) is 38.2 Å². The summed E-state index contributed by atoms with van der Waals surface area (Å²) in [6.07, 6.45) is 2.30. The number of rotatable bonds is 7. The van der Waals surface area contributed by atoms with Gasteiger partial charge in [0.15, 0.2) is 0 Å². The Labute approximate surface area is 148 Å². The molecule has 0 fully saturated rings. The SMILES string of the molecule is Cc1cc(C)n2c(CNCC(CC(C)O)c3ccccc3)cnc2n1. The summed E-state index contributed by atoms with van der Waals surface area (Å²) in [5.74, 6) is 1.03. The number of imidazole rings is 1. The molecular formula is C20H26N4O. The van der Waals surface area contributed by atoms with Gasteiger partial charge in [0, 0.05) is 24.5 Å². The second-order valence-electron chi connectivity index (χ2n) is 6.75. The van der Waals surface area contributed by atoms with E-state index < -0.39 is 0 Å². The van der Waals surface area contributed by atoms with Crippen molar-refractivity contribution in [1.29, 1.82) is 0 Å². The first-order valence-electron chi connectivity index (χ1n) is 8.79. The average Bonchev–Trinajstić information content (AvgIpc) is 2.97. The molecule has 2 unspecified atom stereocenters. The van der Waals surface area contributed by atoms with Crippen molar-refractivity contribution in [2.75, 3.05) is 6.54 Å². The molecule has 1 aromatic carbocycles. The molecule has 3 aromatic rings. The van der Waals surface area contributed by atoms with Gasteiger partial charge in [-0.25, -0.2) is 9.97 Å². The molecule has 2 aromatic heterocycles. The highest BCUT2D eigenvalue weighted by atomic mass is 16.3. The fourth-order valence-electron chi connectivity index (χ4n) is 3.37. The standard InChI is InChI=1S/C20H26N4O/c1-14-9-15(2)24-19(13-22-20(24)23-14)12-21-11-18(10-16(3)25)17-7-5-4-6-8-17/h4-9,13,16,18,21,25H,10-12H2,1-3H3. The highest BCUT2D eigenvalue weighted by Gasteiger charge is 2.14. The molecular weight excluding hydrogens is 312 g/mol. The van der Waals surface area contributed by atoms with Crippen LogP contribution in [0.5, 0.6) is 0 Å². The van der Waals surface area contributed by atoms with Gasteiger partial charge in [-0.1, -0.05) is 30.3 Å². The summed E-state index contributed by atoms with van der Waals surface area (Å²) in [7, 11) is 0. The Morgan fingerprint density at radius 2 is 1.96 bits per heavy atom. The molecule has 2 heterocycles. The van der Waals surface area contributed by atoms with Crippen LogP contribution in [-0.2, 0) is 6.54 Å². The van der Waals surface area contributed by atoms with Gasteiger partial charge in [0.25, 0.3) is 0 Å². The lowest BCUT2D eigenvalue weighted by Gasteiger charge is -2.19. The van der Waals surface area contributed by atoms with E-state index in [1.165, 1.54) is 5.56 Å². The van der Waals surface area contributed by atoms with Crippen LogP contribution < -0.4 is 5.32 Å². The summed E-state index contributed by atoms with van der Waals surface area (Å²) < 4.78 is 2.09. The Kier molecular flexibility index (Phi) is 5.46. The van der Waals surface area contributed by atoms with Gasteiger partial charge in [-0.15, -0.1) is 0 Å². The van der Waals surface area contributed by atoms with Crippen molar-refractivity contribution in [2.24, 2.45) is 0 Å². The molecule has 2 N–H and O–H groups in total. The van der Waals surface area contributed by atoms with E-state index in [4.69, 9.17) is 0 Å². The quantitative estimate of drug-likeness (QED) is 0.695. The Bertz CT molecular complexity index is 826. The van der Waals surface area contributed by atoms with Gasteiger partial charge < -0.3 is 10.4 Å². The van der Waals surface area contributed by atoms with Crippen molar-refractivity contribution in [3.8, 4) is 0 Å². The summed E-state index contributed by atoms with van der Waals surface area (Å²) in [6.45, 7) is 7.43. The summed E-state index contributed by atoms with van der Waals surface area (Å²) in [6, 6.07) is 12.4. The number of nitrogens with zero attached hydrogens (tertiary/aromatic N) is 3. The number of aliphatic hydroxyl groups is 1. The van der Waals surface area contributed by atoms with E-state index in [2.05, 4.69) is 44.8 Å². The predicted molar refractivity (Wildman–Crippen MR) is 99.6 cm³/mol. The maximum atomic E-state index is 9.82. The maximum Gasteiger partial charge on any atom is 0.234 e. The number of benzene rings is 1. The van der Waals surface area contributed by atoms with E-state index in [-0.39, 0.29) is 12.0 Å². The molecule has 0 radical (unpaired) electrons. The summed E-state index contributed by atoms with van der Waals surface area (Å²) in [5, 5.41) is 13.3. The molecule has 0 saturated carbocycles. The zero-order valence-corrected chi connectivity index (χ0v) is 15.1. The van der Waals surface area contributed by atoms with Crippen LogP contribution in [0.4, 0.5) is 0 Å². The number of nitrogens with one attached hydrogen (secondary N) is 1. The van der Waals surface area contributed by atoms with Gasteiger partial charge in [0.05, 0.1) is 18.0 Å². The number of hydrogen-bond acceptors (Lipinski definition) is 4. The first-order chi connectivity index (χ1) is 12.0. The molecule has 132 valence electrons. The largest absolute Gasteiger partial charge is 0.393 e. The van der Waals surface area contributed by atoms with Crippen LogP contribution in [0.25, 0.3) is 5.78 Å². The lowest BCUT2D eigenvalue weighted by Crippen LogP contribution is -2.24. The van der Waals surface area contributed by atoms with E-state index in [9.17, 15) is 5.11 Å². The van der Waals surface area contributed by atoms with Gasteiger partial charge in [0.1, 0.15) is 0 Å². The topological polar surface area (TPSA) is 62.5 Å². The molecule has 5 heteroatoms. The zero-order valence-electron chi connectivity index (χ0n) is 15.1. The van der Waals surface area contributed by atoms with Gasteiger partial charge in [-0.3, -0.25) is 4.40 Å². The van der Waals surface area contributed by atoms with Crippen molar-refractivity contribution >= 4 is 5.78 Å². The number of hydrogen-bond donors (Lipinski definition) is 2. The third-order valence-corrected chi connectivity index (χ3v) is 4.46. The lowest BCUT2D eigenvalue weighted by atomic mass is 9.93. The van der Waals surface area contributed by atoms with Crippen molar-refractivity contribution in [3.63, 3.8) is 0 Å². The molecule has 3 rings (SSSR count). The van der Waals surface area contributed by atoms with E-state index in [0.717, 1.165) is 42.4 Å². The van der Waals surface area contributed by atoms with Crippen molar-refractivity contribution in [1.82, 2.24) is 19.7 Å². The highest BCUT2D eigenvalue weighted by Crippen LogP contribution is 2.20. The van der Waals surface area contributed by atoms with Gasteiger partial charge in [0.2, 0.25) is 5.78 Å². The number of aliphatic hydroxyl groups excluding tert-OH is 1. The number of fused-ring (bicyclic) bond motifs is 1. The Hall–Kier alpha value is -2.24. The Morgan fingerprint density at radius 1 is 1.20 bits per heavy atom.